The molecule has 23 heavy (non-hydrogen) atoms. The molecule has 0 heterocycles. The fourth-order valence-electron chi connectivity index (χ4n) is 2.92. The quantitative estimate of drug-likeness (QED) is 0.863. The topological polar surface area (TPSA) is 50.4 Å². The second-order valence-corrected chi connectivity index (χ2v) is 7.67. The van der Waals surface area contributed by atoms with Crippen LogP contribution >= 0.6 is 0 Å². The molecule has 4 heteroatoms. The van der Waals surface area contributed by atoms with Gasteiger partial charge in [-0.2, -0.15) is 0 Å². The number of nitrogens with one attached hydrogen (secondary N) is 2. The van der Waals surface area contributed by atoms with E-state index in [2.05, 4.69) is 41.8 Å². The Balaban J connectivity index is 1.73. The Hall–Kier alpha value is -1.55. The van der Waals surface area contributed by atoms with Gasteiger partial charge in [0.15, 0.2) is 0 Å². The van der Waals surface area contributed by atoms with Crippen molar-refractivity contribution in [2.24, 2.45) is 5.92 Å². The van der Waals surface area contributed by atoms with Crippen molar-refractivity contribution in [3.8, 4) is 0 Å². The van der Waals surface area contributed by atoms with E-state index in [0.717, 1.165) is 18.0 Å². The molecule has 0 spiro atoms. The van der Waals surface area contributed by atoms with Crippen LogP contribution in [-0.2, 0) is 17.8 Å². The van der Waals surface area contributed by atoms with Gasteiger partial charge in [-0.3, -0.25) is 0 Å². The van der Waals surface area contributed by atoms with E-state index >= 15 is 0 Å². The Labute approximate surface area is 140 Å². The van der Waals surface area contributed by atoms with Crippen molar-refractivity contribution in [1.29, 1.82) is 0 Å². The van der Waals surface area contributed by atoms with E-state index in [-0.39, 0.29) is 6.09 Å². The number of benzene rings is 1. The first-order valence-electron chi connectivity index (χ1n) is 8.60. The van der Waals surface area contributed by atoms with Crippen LogP contribution in [0.1, 0.15) is 58.1 Å². The van der Waals surface area contributed by atoms with E-state index in [0.29, 0.717) is 12.6 Å². The molecule has 0 saturated heterocycles. The fourth-order valence-corrected chi connectivity index (χ4v) is 2.92. The molecule has 1 aliphatic rings. The van der Waals surface area contributed by atoms with Gasteiger partial charge in [0.1, 0.15) is 5.60 Å². The average molecular weight is 318 g/mol. The van der Waals surface area contributed by atoms with E-state index in [9.17, 15) is 4.79 Å². The fraction of sp³-hybridized carbons (Fsp3) is 0.632. The zero-order chi connectivity index (χ0) is 16.9. The SMILES string of the molecule is CC1CCC(NCc2ccc(CNC(=O)OC(C)(C)C)cc2)C1. The zero-order valence-electron chi connectivity index (χ0n) is 14.8. The number of carbonyl (C=O) groups excluding carboxylic acids is 1. The average Bonchev–Trinajstić information content (AvgIpc) is 2.88. The van der Waals surface area contributed by atoms with Crippen LogP contribution in [0.15, 0.2) is 24.3 Å². The van der Waals surface area contributed by atoms with Crippen LogP contribution in [0.2, 0.25) is 0 Å². The Morgan fingerprint density at radius 3 is 2.26 bits per heavy atom. The van der Waals surface area contributed by atoms with Gasteiger partial charge in [0.2, 0.25) is 0 Å². The normalized spacial score (nSPS) is 21.2. The predicted molar refractivity (Wildman–Crippen MR) is 93.2 cm³/mol. The monoisotopic (exact) mass is 318 g/mol. The number of carbonyl (C=O) groups is 1. The number of ether oxygens (including phenoxy) is 1. The van der Waals surface area contributed by atoms with Gasteiger partial charge in [0.25, 0.3) is 0 Å². The van der Waals surface area contributed by atoms with Gasteiger partial charge in [0.05, 0.1) is 0 Å². The molecule has 0 aliphatic heterocycles. The van der Waals surface area contributed by atoms with E-state index < -0.39 is 5.60 Å². The molecule has 1 aliphatic carbocycles. The smallest absolute Gasteiger partial charge is 0.407 e. The third-order valence-electron chi connectivity index (χ3n) is 4.15. The molecule has 2 atom stereocenters. The van der Waals surface area contributed by atoms with Gasteiger partial charge in [-0.1, -0.05) is 31.2 Å². The van der Waals surface area contributed by atoms with Crippen molar-refractivity contribution in [1.82, 2.24) is 10.6 Å². The van der Waals surface area contributed by atoms with Crippen LogP contribution < -0.4 is 10.6 Å². The zero-order valence-corrected chi connectivity index (χ0v) is 14.8. The van der Waals surface area contributed by atoms with Crippen LogP contribution in [0.25, 0.3) is 0 Å². The molecule has 1 amide bonds. The largest absolute Gasteiger partial charge is 0.444 e. The highest BCUT2D eigenvalue weighted by atomic mass is 16.6. The van der Waals surface area contributed by atoms with Crippen molar-refractivity contribution in [3.63, 3.8) is 0 Å². The Bertz CT molecular complexity index is 505. The summed E-state index contributed by atoms with van der Waals surface area (Å²) >= 11 is 0. The first kappa shape index (κ1) is 17.8. The number of hydrogen-bond acceptors (Lipinski definition) is 3. The van der Waals surface area contributed by atoms with Gasteiger partial charge in [-0.15, -0.1) is 0 Å². The minimum absolute atomic E-state index is 0.376. The standard InChI is InChI=1S/C19H30N2O2/c1-14-5-10-17(11-14)20-12-15-6-8-16(9-7-15)13-21-18(22)23-19(2,3)4/h6-9,14,17,20H,5,10-13H2,1-4H3,(H,21,22). The molecule has 2 unspecified atom stereocenters. The van der Waals surface area contributed by atoms with Crippen LogP contribution in [0.4, 0.5) is 4.79 Å². The second-order valence-electron chi connectivity index (χ2n) is 7.67. The van der Waals surface area contributed by atoms with E-state index in [1.807, 2.05) is 20.8 Å². The predicted octanol–water partition coefficient (Wildman–Crippen LogP) is 3.99. The third kappa shape index (κ3) is 6.61. The summed E-state index contributed by atoms with van der Waals surface area (Å²) in [4.78, 5) is 11.6. The lowest BCUT2D eigenvalue weighted by Crippen LogP contribution is -2.32. The van der Waals surface area contributed by atoms with Gasteiger partial charge in [-0.25, -0.2) is 4.79 Å². The molecular formula is C19H30N2O2. The summed E-state index contributed by atoms with van der Waals surface area (Å²) in [7, 11) is 0. The maximum Gasteiger partial charge on any atom is 0.407 e. The van der Waals surface area contributed by atoms with Crippen molar-refractivity contribution in [3.05, 3.63) is 35.4 Å². The van der Waals surface area contributed by atoms with Crippen molar-refractivity contribution in [2.45, 2.75) is 71.7 Å². The first-order chi connectivity index (χ1) is 10.8. The lowest BCUT2D eigenvalue weighted by Gasteiger charge is -2.19. The lowest BCUT2D eigenvalue weighted by molar-refractivity contribution is 0.0523. The summed E-state index contributed by atoms with van der Waals surface area (Å²) in [5, 5.41) is 6.41. The maximum atomic E-state index is 11.6. The highest BCUT2D eigenvalue weighted by Gasteiger charge is 2.20. The van der Waals surface area contributed by atoms with Gasteiger partial charge < -0.3 is 15.4 Å². The highest BCUT2D eigenvalue weighted by Crippen LogP contribution is 2.24. The molecule has 1 fully saturated rings. The number of rotatable bonds is 5. The van der Waals surface area contributed by atoms with Crippen molar-refractivity contribution in [2.75, 3.05) is 0 Å². The van der Waals surface area contributed by atoms with Gasteiger partial charge in [-0.05, 0) is 57.1 Å². The third-order valence-corrected chi connectivity index (χ3v) is 4.15. The molecular weight excluding hydrogens is 288 g/mol. The number of alkyl carbamates (subject to hydrolysis) is 1. The van der Waals surface area contributed by atoms with E-state index in [1.165, 1.54) is 24.8 Å². The summed E-state index contributed by atoms with van der Waals surface area (Å²) in [6.45, 7) is 9.31. The highest BCUT2D eigenvalue weighted by molar-refractivity contribution is 5.67. The lowest BCUT2D eigenvalue weighted by atomic mass is 10.1. The molecule has 2 rings (SSSR count). The molecule has 1 saturated carbocycles. The molecule has 0 bridgehead atoms. The Kier molecular flexibility index (Phi) is 6.05. The van der Waals surface area contributed by atoms with Crippen molar-refractivity contribution >= 4 is 6.09 Å². The molecule has 1 aromatic rings. The summed E-state index contributed by atoms with van der Waals surface area (Å²) in [6.07, 6.45) is 3.54. The molecule has 2 N–H and O–H groups in total. The van der Waals surface area contributed by atoms with Crippen LogP contribution in [0.3, 0.4) is 0 Å². The minimum atomic E-state index is -0.461. The number of amides is 1. The Morgan fingerprint density at radius 1 is 1.13 bits per heavy atom. The summed E-state index contributed by atoms with van der Waals surface area (Å²) in [5.74, 6) is 0.855. The molecule has 0 aromatic heterocycles. The molecule has 1 aromatic carbocycles. The summed E-state index contributed by atoms with van der Waals surface area (Å²) in [6, 6.07) is 9.03. The van der Waals surface area contributed by atoms with E-state index in [4.69, 9.17) is 4.74 Å². The van der Waals surface area contributed by atoms with Crippen molar-refractivity contribution < 1.29 is 9.53 Å². The van der Waals surface area contributed by atoms with E-state index in [1.54, 1.807) is 0 Å². The minimum Gasteiger partial charge on any atom is -0.444 e. The number of hydrogen-bond donors (Lipinski definition) is 2. The second kappa shape index (κ2) is 7.82. The van der Waals surface area contributed by atoms with Crippen LogP contribution in [0, 0.1) is 5.92 Å². The summed E-state index contributed by atoms with van der Waals surface area (Å²) in [5.41, 5.74) is 1.90. The van der Waals surface area contributed by atoms with Gasteiger partial charge in [0, 0.05) is 19.1 Å². The van der Waals surface area contributed by atoms with Crippen LogP contribution in [0.5, 0.6) is 0 Å². The molecule has 0 radical (unpaired) electrons. The first-order valence-corrected chi connectivity index (χ1v) is 8.60. The summed E-state index contributed by atoms with van der Waals surface area (Å²) < 4.78 is 5.23. The maximum absolute atomic E-state index is 11.6. The molecule has 4 nitrogen and oxygen atoms in total. The Morgan fingerprint density at radius 2 is 1.74 bits per heavy atom. The van der Waals surface area contributed by atoms with Gasteiger partial charge >= 0.3 is 6.09 Å². The van der Waals surface area contributed by atoms with Crippen LogP contribution in [-0.4, -0.2) is 17.7 Å². The molecule has 128 valence electrons.